The molecule has 7 nitrogen and oxygen atoms in total. The summed E-state index contributed by atoms with van der Waals surface area (Å²) in [4.78, 5) is 27.7. The molecule has 7 heteroatoms. The molecule has 0 aliphatic heterocycles. The first-order chi connectivity index (χ1) is 12.2. The number of aromatic nitrogens is 1. The summed E-state index contributed by atoms with van der Waals surface area (Å²) in [6.07, 6.45) is 1.52. The van der Waals surface area contributed by atoms with E-state index in [0.717, 1.165) is 5.75 Å². The zero-order chi connectivity index (χ0) is 17.9. The highest BCUT2D eigenvalue weighted by atomic mass is 16.5. The molecule has 0 spiro atoms. The number of amides is 1. The summed E-state index contributed by atoms with van der Waals surface area (Å²) in [5.74, 6) is -0.158. The SMILES string of the molecule is CCOc1ncccc1C(=O)OCC(=O)NCCOc1ccccc1. The first-order valence-electron chi connectivity index (χ1n) is 7.90. The minimum absolute atomic E-state index is 0.185. The zero-order valence-corrected chi connectivity index (χ0v) is 13.9. The molecule has 0 bridgehead atoms. The molecule has 0 aliphatic carbocycles. The van der Waals surface area contributed by atoms with E-state index in [4.69, 9.17) is 14.2 Å². The highest BCUT2D eigenvalue weighted by Crippen LogP contribution is 2.15. The molecular weight excluding hydrogens is 324 g/mol. The Kier molecular flexibility index (Phi) is 7.24. The largest absolute Gasteiger partial charge is 0.492 e. The first kappa shape index (κ1) is 18.3. The number of esters is 1. The molecule has 1 amide bonds. The van der Waals surface area contributed by atoms with Gasteiger partial charge in [-0.2, -0.15) is 0 Å². The fraction of sp³-hybridized carbons (Fsp3) is 0.278. The van der Waals surface area contributed by atoms with Crippen molar-refractivity contribution in [3.8, 4) is 11.6 Å². The van der Waals surface area contributed by atoms with Crippen LogP contribution >= 0.6 is 0 Å². The number of nitrogens with one attached hydrogen (secondary N) is 1. The van der Waals surface area contributed by atoms with Gasteiger partial charge in [-0.05, 0) is 31.2 Å². The van der Waals surface area contributed by atoms with Crippen LogP contribution in [-0.2, 0) is 9.53 Å². The third-order valence-electron chi connectivity index (χ3n) is 3.04. The first-order valence-corrected chi connectivity index (χ1v) is 7.90. The van der Waals surface area contributed by atoms with Gasteiger partial charge in [0.1, 0.15) is 17.9 Å². The van der Waals surface area contributed by atoms with Crippen LogP contribution in [0.3, 0.4) is 0 Å². The van der Waals surface area contributed by atoms with Crippen LogP contribution in [0.2, 0.25) is 0 Å². The Hall–Kier alpha value is -3.09. The number of pyridine rings is 1. The zero-order valence-electron chi connectivity index (χ0n) is 13.9. The Morgan fingerprint density at radius 1 is 1.08 bits per heavy atom. The predicted molar refractivity (Wildman–Crippen MR) is 90.6 cm³/mol. The van der Waals surface area contributed by atoms with Gasteiger partial charge in [0.2, 0.25) is 5.88 Å². The van der Waals surface area contributed by atoms with Crippen molar-refractivity contribution in [1.29, 1.82) is 0 Å². The van der Waals surface area contributed by atoms with Crippen LogP contribution in [0.15, 0.2) is 48.7 Å². The van der Waals surface area contributed by atoms with Gasteiger partial charge in [-0.1, -0.05) is 18.2 Å². The summed E-state index contributed by atoms with van der Waals surface area (Å²) in [5, 5.41) is 2.61. The van der Waals surface area contributed by atoms with E-state index in [9.17, 15) is 9.59 Å². The molecular formula is C18H20N2O5. The van der Waals surface area contributed by atoms with E-state index in [2.05, 4.69) is 10.3 Å². The molecule has 1 aromatic heterocycles. The molecule has 0 atom stereocenters. The van der Waals surface area contributed by atoms with Crippen LogP contribution in [0.1, 0.15) is 17.3 Å². The minimum atomic E-state index is -0.660. The number of rotatable bonds is 9. The second-order valence-electron chi connectivity index (χ2n) is 4.88. The molecule has 0 radical (unpaired) electrons. The Bertz CT molecular complexity index is 691. The van der Waals surface area contributed by atoms with Crippen molar-refractivity contribution in [3.05, 3.63) is 54.2 Å². The number of carbonyl (C=O) groups is 2. The van der Waals surface area contributed by atoms with Crippen molar-refractivity contribution < 1.29 is 23.8 Å². The number of hydrogen-bond acceptors (Lipinski definition) is 6. The van der Waals surface area contributed by atoms with E-state index in [0.29, 0.717) is 19.8 Å². The second-order valence-corrected chi connectivity index (χ2v) is 4.88. The number of nitrogens with zero attached hydrogens (tertiary/aromatic N) is 1. The van der Waals surface area contributed by atoms with Gasteiger partial charge in [0.25, 0.3) is 5.91 Å². The van der Waals surface area contributed by atoms with E-state index < -0.39 is 11.9 Å². The quantitative estimate of drug-likeness (QED) is 0.552. The van der Waals surface area contributed by atoms with E-state index in [-0.39, 0.29) is 18.1 Å². The Morgan fingerprint density at radius 2 is 1.88 bits per heavy atom. The Labute approximate surface area is 145 Å². The smallest absolute Gasteiger partial charge is 0.344 e. The predicted octanol–water partition coefficient (Wildman–Crippen LogP) is 1.83. The van der Waals surface area contributed by atoms with Crippen molar-refractivity contribution in [2.24, 2.45) is 0 Å². The third kappa shape index (κ3) is 6.14. The summed E-state index contributed by atoms with van der Waals surface area (Å²) in [7, 11) is 0. The molecule has 0 saturated heterocycles. The van der Waals surface area contributed by atoms with E-state index in [1.54, 1.807) is 13.0 Å². The van der Waals surface area contributed by atoms with Crippen LogP contribution in [0, 0.1) is 0 Å². The van der Waals surface area contributed by atoms with Crippen molar-refractivity contribution >= 4 is 11.9 Å². The average Bonchev–Trinajstić information content (AvgIpc) is 2.65. The maximum atomic E-state index is 12.0. The molecule has 0 saturated carbocycles. The van der Waals surface area contributed by atoms with Gasteiger partial charge in [-0.25, -0.2) is 9.78 Å². The Morgan fingerprint density at radius 3 is 2.64 bits per heavy atom. The lowest BCUT2D eigenvalue weighted by Gasteiger charge is -2.10. The summed E-state index contributed by atoms with van der Waals surface area (Å²) in [6, 6.07) is 12.4. The third-order valence-corrected chi connectivity index (χ3v) is 3.04. The lowest BCUT2D eigenvalue weighted by molar-refractivity contribution is -0.124. The number of ether oxygens (including phenoxy) is 3. The normalized spacial score (nSPS) is 9.96. The number of benzene rings is 1. The van der Waals surface area contributed by atoms with Crippen LogP contribution in [-0.4, -0.2) is 43.2 Å². The standard InChI is InChI=1S/C18H20N2O5/c1-2-23-17-15(9-6-10-20-17)18(22)25-13-16(21)19-11-12-24-14-7-4-3-5-8-14/h3-10H,2,11-13H2,1H3,(H,19,21). The molecule has 0 aliphatic rings. The highest BCUT2D eigenvalue weighted by molar-refractivity contribution is 5.93. The van der Waals surface area contributed by atoms with Gasteiger partial charge in [-0.3, -0.25) is 4.79 Å². The molecule has 0 unspecified atom stereocenters. The number of hydrogen-bond donors (Lipinski definition) is 1. The van der Waals surface area contributed by atoms with Crippen LogP contribution in [0.25, 0.3) is 0 Å². The topological polar surface area (TPSA) is 86.8 Å². The molecule has 2 rings (SSSR count). The Balaban J connectivity index is 1.70. The average molecular weight is 344 g/mol. The summed E-state index contributed by atoms with van der Waals surface area (Å²) in [5.41, 5.74) is 0.185. The fourth-order valence-electron chi connectivity index (χ4n) is 1.93. The van der Waals surface area contributed by atoms with Crippen molar-refractivity contribution in [2.75, 3.05) is 26.4 Å². The van der Waals surface area contributed by atoms with Gasteiger partial charge < -0.3 is 19.5 Å². The van der Waals surface area contributed by atoms with E-state index in [1.807, 2.05) is 30.3 Å². The van der Waals surface area contributed by atoms with Gasteiger partial charge in [0.05, 0.1) is 13.2 Å². The van der Waals surface area contributed by atoms with Crippen LogP contribution in [0.4, 0.5) is 0 Å². The molecule has 1 aromatic carbocycles. The number of para-hydroxylation sites is 1. The van der Waals surface area contributed by atoms with Gasteiger partial charge >= 0.3 is 5.97 Å². The van der Waals surface area contributed by atoms with Crippen molar-refractivity contribution in [3.63, 3.8) is 0 Å². The highest BCUT2D eigenvalue weighted by Gasteiger charge is 2.16. The van der Waals surface area contributed by atoms with E-state index in [1.165, 1.54) is 12.3 Å². The summed E-state index contributed by atoms with van der Waals surface area (Å²) >= 11 is 0. The second kappa shape index (κ2) is 9.92. The van der Waals surface area contributed by atoms with Crippen molar-refractivity contribution in [2.45, 2.75) is 6.92 Å². The number of carbonyl (C=O) groups excluding carboxylic acids is 2. The van der Waals surface area contributed by atoms with Gasteiger partial charge in [0.15, 0.2) is 6.61 Å². The maximum Gasteiger partial charge on any atom is 0.344 e. The minimum Gasteiger partial charge on any atom is -0.492 e. The van der Waals surface area contributed by atoms with Gasteiger partial charge in [-0.15, -0.1) is 0 Å². The van der Waals surface area contributed by atoms with Gasteiger partial charge in [0, 0.05) is 6.20 Å². The van der Waals surface area contributed by atoms with Crippen molar-refractivity contribution in [1.82, 2.24) is 10.3 Å². The lowest BCUT2D eigenvalue weighted by Crippen LogP contribution is -2.32. The molecule has 2 aromatic rings. The summed E-state index contributed by atoms with van der Waals surface area (Å²) in [6.45, 7) is 2.40. The van der Waals surface area contributed by atoms with Crippen LogP contribution in [0.5, 0.6) is 11.6 Å². The monoisotopic (exact) mass is 344 g/mol. The molecule has 1 N–H and O–H groups in total. The maximum absolute atomic E-state index is 12.0. The molecule has 132 valence electrons. The van der Waals surface area contributed by atoms with E-state index >= 15 is 0 Å². The fourth-order valence-corrected chi connectivity index (χ4v) is 1.93. The molecule has 0 fully saturated rings. The lowest BCUT2D eigenvalue weighted by atomic mass is 10.3. The summed E-state index contributed by atoms with van der Waals surface area (Å²) < 4.78 is 15.7. The van der Waals surface area contributed by atoms with Crippen LogP contribution < -0.4 is 14.8 Å². The molecule has 25 heavy (non-hydrogen) atoms. The molecule has 1 heterocycles.